The lowest BCUT2D eigenvalue weighted by Gasteiger charge is -1.97. The molecule has 1 heterocycles. The Morgan fingerprint density at radius 1 is 1.31 bits per heavy atom. The zero-order chi connectivity index (χ0) is 11.7. The molecule has 0 radical (unpaired) electrons. The molecule has 0 aliphatic heterocycles. The van der Waals surface area contributed by atoms with Crippen LogP contribution in [0.4, 0.5) is 0 Å². The van der Waals surface area contributed by atoms with Crippen LogP contribution in [0.2, 0.25) is 0 Å². The van der Waals surface area contributed by atoms with Gasteiger partial charge in [0.1, 0.15) is 5.69 Å². The highest BCUT2D eigenvalue weighted by atomic mass is 16.4. The topological polar surface area (TPSA) is 55.1 Å². The summed E-state index contributed by atoms with van der Waals surface area (Å²) in [4.78, 5) is 11.0. The number of rotatable bonds is 2. The number of carbonyl (C=O) groups is 1. The fraction of sp³-hybridized carbons (Fsp3) is 0.167. The van der Waals surface area contributed by atoms with Gasteiger partial charge in [-0.3, -0.25) is 4.68 Å². The van der Waals surface area contributed by atoms with Crippen molar-refractivity contribution in [2.45, 2.75) is 6.92 Å². The quantitative estimate of drug-likeness (QED) is 0.836. The number of nitrogens with zero attached hydrogens (tertiary/aromatic N) is 2. The molecule has 0 aliphatic carbocycles. The van der Waals surface area contributed by atoms with Crippen LogP contribution < -0.4 is 0 Å². The third-order valence-electron chi connectivity index (χ3n) is 2.53. The van der Waals surface area contributed by atoms with Crippen LogP contribution in [-0.2, 0) is 7.05 Å². The molecular formula is C12H12N2O2. The third kappa shape index (κ3) is 1.58. The standard InChI is InChI=1S/C12H12N2O2/c1-8-10(9-6-4-3-5-7-9)13-14(2)11(8)12(15)16/h3-7H,1-2H3,(H,15,16). The summed E-state index contributed by atoms with van der Waals surface area (Å²) >= 11 is 0. The second kappa shape index (κ2) is 3.81. The Hall–Kier alpha value is -2.10. The second-order valence-corrected chi connectivity index (χ2v) is 3.62. The van der Waals surface area contributed by atoms with Gasteiger partial charge in [-0.2, -0.15) is 5.10 Å². The van der Waals surface area contributed by atoms with Gasteiger partial charge in [0.2, 0.25) is 0 Å². The number of carboxylic acids is 1. The van der Waals surface area contributed by atoms with E-state index in [1.165, 1.54) is 4.68 Å². The maximum absolute atomic E-state index is 11.0. The second-order valence-electron chi connectivity index (χ2n) is 3.62. The first kappa shape index (κ1) is 10.4. The summed E-state index contributed by atoms with van der Waals surface area (Å²) in [5.41, 5.74) is 2.59. The molecule has 0 bridgehead atoms. The van der Waals surface area contributed by atoms with Crippen LogP contribution >= 0.6 is 0 Å². The minimum absolute atomic E-state index is 0.235. The maximum Gasteiger partial charge on any atom is 0.354 e. The minimum atomic E-state index is -0.949. The summed E-state index contributed by atoms with van der Waals surface area (Å²) in [5.74, 6) is -0.949. The average Bonchev–Trinajstić information content (AvgIpc) is 2.55. The third-order valence-corrected chi connectivity index (χ3v) is 2.53. The van der Waals surface area contributed by atoms with Gasteiger partial charge >= 0.3 is 5.97 Å². The average molecular weight is 216 g/mol. The van der Waals surface area contributed by atoms with Crippen LogP contribution in [0.15, 0.2) is 30.3 Å². The predicted molar refractivity (Wildman–Crippen MR) is 60.3 cm³/mol. The van der Waals surface area contributed by atoms with Crippen LogP contribution in [0.1, 0.15) is 16.1 Å². The van der Waals surface area contributed by atoms with Gasteiger partial charge in [0.05, 0.1) is 5.69 Å². The minimum Gasteiger partial charge on any atom is -0.477 e. The molecule has 1 N–H and O–H groups in total. The molecule has 0 spiro atoms. The van der Waals surface area contributed by atoms with Crippen molar-refractivity contribution < 1.29 is 9.90 Å². The molecule has 0 unspecified atom stereocenters. The number of benzene rings is 1. The zero-order valence-electron chi connectivity index (χ0n) is 9.14. The van der Waals surface area contributed by atoms with E-state index in [1.54, 1.807) is 14.0 Å². The molecule has 4 heteroatoms. The maximum atomic E-state index is 11.0. The molecule has 0 atom stereocenters. The van der Waals surface area contributed by atoms with Crippen LogP contribution in [0.25, 0.3) is 11.3 Å². The molecule has 82 valence electrons. The lowest BCUT2D eigenvalue weighted by Crippen LogP contribution is -2.06. The fourth-order valence-electron chi connectivity index (χ4n) is 1.80. The molecule has 1 aromatic carbocycles. The van der Waals surface area contributed by atoms with Crippen molar-refractivity contribution in [2.75, 3.05) is 0 Å². The van der Waals surface area contributed by atoms with Gasteiger partial charge in [0, 0.05) is 18.2 Å². The van der Waals surface area contributed by atoms with Crippen molar-refractivity contribution >= 4 is 5.97 Å². The Balaban J connectivity index is 2.61. The van der Waals surface area contributed by atoms with E-state index in [0.29, 0.717) is 5.56 Å². The lowest BCUT2D eigenvalue weighted by molar-refractivity contribution is 0.0684. The summed E-state index contributed by atoms with van der Waals surface area (Å²) in [6.45, 7) is 1.78. The van der Waals surface area contributed by atoms with E-state index >= 15 is 0 Å². The van der Waals surface area contributed by atoms with Crippen molar-refractivity contribution in [3.05, 3.63) is 41.6 Å². The number of hydrogen-bond acceptors (Lipinski definition) is 2. The molecule has 2 aromatic rings. The van der Waals surface area contributed by atoms with E-state index < -0.39 is 5.97 Å². The number of aromatic carboxylic acids is 1. The SMILES string of the molecule is Cc1c(-c2ccccc2)nn(C)c1C(=O)O. The van der Waals surface area contributed by atoms with E-state index in [1.807, 2.05) is 30.3 Å². The van der Waals surface area contributed by atoms with Crippen LogP contribution in [0.3, 0.4) is 0 Å². The first-order chi connectivity index (χ1) is 7.61. The van der Waals surface area contributed by atoms with E-state index in [2.05, 4.69) is 5.10 Å². The van der Waals surface area contributed by atoms with Crippen molar-refractivity contribution in [3.63, 3.8) is 0 Å². The molecule has 0 amide bonds. The largest absolute Gasteiger partial charge is 0.477 e. The highest BCUT2D eigenvalue weighted by Crippen LogP contribution is 2.23. The van der Waals surface area contributed by atoms with Crippen molar-refractivity contribution in [3.8, 4) is 11.3 Å². The number of aromatic nitrogens is 2. The van der Waals surface area contributed by atoms with Gasteiger partial charge in [-0.1, -0.05) is 30.3 Å². The molecular weight excluding hydrogens is 204 g/mol. The van der Waals surface area contributed by atoms with Gasteiger partial charge in [0.15, 0.2) is 0 Å². The van der Waals surface area contributed by atoms with E-state index in [0.717, 1.165) is 11.3 Å². The van der Waals surface area contributed by atoms with Gasteiger partial charge in [0.25, 0.3) is 0 Å². The molecule has 0 saturated heterocycles. The first-order valence-corrected chi connectivity index (χ1v) is 4.93. The summed E-state index contributed by atoms with van der Waals surface area (Å²) in [7, 11) is 1.64. The molecule has 0 aliphatic rings. The highest BCUT2D eigenvalue weighted by molar-refractivity contribution is 5.89. The summed E-state index contributed by atoms with van der Waals surface area (Å²) in [6, 6.07) is 9.57. The first-order valence-electron chi connectivity index (χ1n) is 4.93. The zero-order valence-corrected chi connectivity index (χ0v) is 9.14. The van der Waals surface area contributed by atoms with Crippen LogP contribution in [0.5, 0.6) is 0 Å². The summed E-state index contributed by atoms with van der Waals surface area (Å²) in [5, 5.41) is 13.3. The summed E-state index contributed by atoms with van der Waals surface area (Å²) < 4.78 is 1.40. The van der Waals surface area contributed by atoms with Gasteiger partial charge in [-0.15, -0.1) is 0 Å². The van der Waals surface area contributed by atoms with E-state index in [4.69, 9.17) is 5.11 Å². The smallest absolute Gasteiger partial charge is 0.354 e. The molecule has 0 saturated carbocycles. The molecule has 16 heavy (non-hydrogen) atoms. The molecule has 0 fully saturated rings. The van der Waals surface area contributed by atoms with Gasteiger partial charge in [-0.25, -0.2) is 4.79 Å². The number of hydrogen-bond donors (Lipinski definition) is 1. The Kier molecular flexibility index (Phi) is 2.48. The van der Waals surface area contributed by atoms with Crippen molar-refractivity contribution in [1.29, 1.82) is 0 Å². The Bertz CT molecular complexity index is 529. The Morgan fingerprint density at radius 3 is 2.44 bits per heavy atom. The van der Waals surface area contributed by atoms with Crippen LogP contribution in [0, 0.1) is 6.92 Å². The normalized spacial score (nSPS) is 10.4. The highest BCUT2D eigenvalue weighted by Gasteiger charge is 2.18. The van der Waals surface area contributed by atoms with Crippen LogP contribution in [-0.4, -0.2) is 20.9 Å². The molecule has 2 rings (SSSR count). The predicted octanol–water partition coefficient (Wildman–Crippen LogP) is 2.09. The molecule has 4 nitrogen and oxygen atoms in total. The van der Waals surface area contributed by atoms with Crippen molar-refractivity contribution in [1.82, 2.24) is 9.78 Å². The Labute approximate surface area is 93.1 Å². The fourth-order valence-corrected chi connectivity index (χ4v) is 1.80. The van der Waals surface area contributed by atoms with Gasteiger partial charge in [-0.05, 0) is 6.92 Å². The number of carboxylic acid groups (broad SMARTS) is 1. The van der Waals surface area contributed by atoms with E-state index in [-0.39, 0.29) is 5.69 Å². The van der Waals surface area contributed by atoms with E-state index in [9.17, 15) is 4.79 Å². The number of aryl methyl sites for hydroxylation is 1. The lowest BCUT2D eigenvalue weighted by atomic mass is 10.1. The monoisotopic (exact) mass is 216 g/mol. The summed E-state index contributed by atoms with van der Waals surface area (Å²) in [6.07, 6.45) is 0. The Morgan fingerprint density at radius 2 is 1.94 bits per heavy atom. The van der Waals surface area contributed by atoms with Crippen molar-refractivity contribution in [2.24, 2.45) is 7.05 Å². The molecule has 1 aromatic heterocycles. The van der Waals surface area contributed by atoms with Gasteiger partial charge < -0.3 is 5.11 Å².